The number of carbonyl (C=O) groups is 1. The van der Waals surface area contributed by atoms with Crippen molar-refractivity contribution in [3.8, 4) is 5.75 Å². The van der Waals surface area contributed by atoms with E-state index in [0.29, 0.717) is 13.1 Å². The summed E-state index contributed by atoms with van der Waals surface area (Å²) in [6.45, 7) is 4.85. The van der Waals surface area contributed by atoms with E-state index in [1.54, 1.807) is 0 Å². The molecular weight excluding hydrogens is 372 g/mol. The van der Waals surface area contributed by atoms with Crippen LogP contribution in [0.5, 0.6) is 5.75 Å². The minimum absolute atomic E-state index is 0.0588. The molecule has 2 aliphatic rings. The van der Waals surface area contributed by atoms with Crippen molar-refractivity contribution >= 4 is 23.2 Å². The number of nitrogens with zero attached hydrogens (tertiary/aromatic N) is 2. The summed E-state index contributed by atoms with van der Waals surface area (Å²) in [6.07, 6.45) is 4.30. The van der Waals surface area contributed by atoms with Crippen molar-refractivity contribution in [1.82, 2.24) is 4.90 Å². The molecule has 1 heterocycles. The Kier molecular flexibility index (Phi) is 5.77. The van der Waals surface area contributed by atoms with Crippen molar-refractivity contribution in [1.29, 1.82) is 0 Å². The highest BCUT2D eigenvalue weighted by atomic mass is 35.5. The zero-order chi connectivity index (χ0) is 19.5. The number of amides is 1. The normalized spacial score (nSPS) is 17.8. The fourth-order valence-electron chi connectivity index (χ4n) is 4.15. The average molecular weight is 399 g/mol. The summed E-state index contributed by atoms with van der Waals surface area (Å²) in [7, 11) is 0. The van der Waals surface area contributed by atoms with Crippen LogP contribution in [0, 0.1) is 0 Å². The summed E-state index contributed by atoms with van der Waals surface area (Å²) < 4.78 is 6.00. The Morgan fingerprint density at radius 3 is 2.50 bits per heavy atom. The molecule has 2 aromatic rings. The summed E-state index contributed by atoms with van der Waals surface area (Å²) >= 11 is 6.10. The quantitative estimate of drug-likeness (QED) is 0.768. The number of anilines is 1. The second kappa shape index (κ2) is 8.44. The number of carbonyl (C=O) groups excluding carboxylic acids is 1. The molecule has 0 saturated carbocycles. The smallest absolute Gasteiger partial charge is 0.263 e. The van der Waals surface area contributed by atoms with Crippen LogP contribution < -0.4 is 9.64 Å². The maximum atomic E-state index is 12.8. The fraction of sp³-hybridized carbons (Fsp3) is 0.435. The molecule has 0 bridgehead atoms. The molecule has 0 radical (unpaired) electrons. The van der Waals surface area contributed by atoms with E-state index >= 15 is 0 Å². The third-order valence-electron chi connectivity index (χ3n) is 5.75. The molecule has 0 N–H and O–H groups in total. The maximum Gasteiger partial charge on any atom is 0.263 e. The lowest BCUT2D eigenvalue weighted by molar-refractivity contribution is -0.138. The molecule has 4 nitrogen and oxygen atoms in total. The molecule has 1 fully saturated rings. The largest absolute Gasteiger partial charge is 0.481 e. The van der Waals surface area contributed by atoms with Gasteiger partial charge in [-0.05, 0) is 74.1 Å². The van der Waals surface area contributed by atoms with Crippen LogP contribution in [-0.4, -0.2) is 43.1 Å². The minimum atomic E-state index is -0.473. The van der Waals surface area contributed by atoms with Gasteiger partial charge in [-0.15, -0.1) is 0 Å². The number of benzene rings is 2. The van der Waals surface area contributed by atoms with Crippen LogP contribution >= 0.6 is 11.6 Å². The van der Waals surface area contributed by atoms with Crippen molar-refractivity contribution in [2.24, 2.45) is 0 Å². The molecule has 2 aromatic carbocycles. The molecule has 1 aliphatic heterocycles. The predicted molar refractivity (Wildman–Crippen MR) is 113 cm³/mol. The van der Waals surface area contributed by atoms with Gasteiger partial charge in [0, 0.05) is 36.9 Å². The summed E-state index contributed by atoms with van der Waals surface area (Å²) in [5.41, 5.74) is 3.91. The summed E-state index contributed by atoms with van der Waals surface area (Å²) in [5, 5.41) is 0.739. The summed E-state index contributed by atoms with van der Waals surface area (Å²) in [5.74, 6) is 0.863. The number of rotatable bonds is 4. The molecule has 1 aliphatic carbocycles. The first-order valence-electron chi connectivity index (χ1n) is 10.2. The van der Waals surface area contributed by atoms with Crippen molar-refractivity contribution in [2.45, 2.75) is 38.7 Å². The molecule has 28 heavy (non-hydrogen) atoms. The molecular formula is C23H27ClN2O2. The van der Waals surface area contributed by atoms with E-state index in [1.165, 1.54) is 24.0 Å². The highest BCUT2D eigenvalue weighted by molar-refractivity contribution is 6.30. The zero-order valence-electron chi connectivity index (χ0n) is 16.4. The van der Waals surface area contributed by atoms with E-state index in [-0.39, 0.29) is 5.91 Å². The van der Waals surface area contributed by atoms with Gasteiger partial charge in [0.15, 0.2) is 6.10 Å². The first-order valence-corrected chi connectivity index (χ1v) is 10.6. The van der Waals surface area contributed by atoms with Crippen molar-refractivity contribution in [3.63, 3.8) is 0 Å². The van der Waals surface area contributed by atoms with Gasteiger partial charge in [-0.2, -0.15) is 0 Å². The van der Waals surface area contributed by atoms with Gasteiger partial charge >= 0.3 is 0 Å². The maximum absolute atomic E-state index is 12.8. The highest BCUT2D eigenvalue weighted by Crippen LogP contribution is 2.26. The van der Waals surface area contributed by atoms with Crippen LogP contribution in [0.15, 0.2) is 42.5 Å². The number of ether oxygens (including phenoxy) is 1. The van der Waals surface area contributed by atoms with E-state index in [9.17, 15) is 4.79 Å². The molecule has 4 rings (SSSR count). The van der Waals surface area contributed by atoms with E-state index < -0.39 is 6.10 Å². The van der Waals surface area contributed by atoms with Gasteiger partial charge in [-0.1, -0.05) is 23.7 Å². The van der Waals surface area contributed by atoms with Crippen LogP contribution in [0.25, 0.3) is 0 Å². The second-order valence-electron chi connectivity index (χ2n) is 7.69. The highest BCUT2D eigenvalue weighted by Gasteiger charge is 2.26. The van der Waals surface area contributed by atoms with Crippen molar-refractivity contribution in [3.05, 3.63) is 58.6 Å². The number of aryl methyl sites for hydroxylation is 2. The van der Waals surface area contributed by atoms with Crippen molar-refractivity contribution < 1.29 is 9.53 Å². The Balaban J connectivity index is 1.33. The Morgan fingerprint density at radius 2 is 1.75 bits per heavy atom. The lowest BCUT2D eigenvalue weighted by atomic mass is 9.92. The third-order valence-corrected chi connectivity index (χ3v) is 5.98. The van der Waals surface area contributed by atoms with E-state index in [4.69, 9.17) is 16.3 Å². The number of fused-ring (bicyclic) bond motifs is 1. The Bertz CT molecular complexity index is 846. The first kappa shape index (κ1) is 19.1. The Labute approximate surface area is 172 Å². The standard InChI is InChI=1S/C23H27ClN2O2/c1-17(28-22-10-9-18-5-2-3-6-19(18)15-22)23(27)26-13-11-25(12-14-26)21-8-4-7-20(24)16-21/h4,7-10,15-17H,2-3,5-6,11-14H2,1H3/t17-/m0/s1. The Morgan fingerprint density at radius 1 is 1.00 bits per heavy atom. The molecule has 0 unspecified atom stereocenters. The molecule has 1 atom stereocenters. The zero-order valence-corrected chi connectivity index (χ0v) is 17.1. The van der Waals surface area contributed by atoms with Gasteiger partial charge in [-0.25, -0.2) is 0 Å². The number of hydrogen-bond donors (Lipinski definition) is 0. The van der Waals surface area contributed by atoms with E-state index in [0.717, 1.165) is 42.4 Å². The lowest BCUT2D eigenvalue weighted by Crippen LogP contribution is -2.52. The second-order valence-corrected chi connectivity index (χ2v) is 8.13. The molecule has 148 valence electrons. The number of piperazine rings is 1. The minimum Gasteiger partial charge on any atom is -0.481 e. The molecule has 1 saturated heterocycles. The van der Waals surface area contributed by atoms with Crippen LogP contribution in [0.3, 0.4) is 0 Å². The summed E-state index contributed by atoms with van der Waals surface area (Å²) in [4.78, 5) is 17.0. The van der Waals surface area contributed by atoms with E-state index in [2.05, 4.69) is 23.1 Å². The SMILES string of the molecule is C[C@H](Oc1ccc2c(c1)CCCC2)C(=O)N1CCN(c2cccc(Cl)c2)CC1. The van der Waals surface area contributed by atoms with Crippen LogP contribution in [-0.2, 0) is 17.6 Å². The lowest BCUT2D eigenvalue weighted by Gasteiger charge is -2.37. The number of halogens is 1. The molecule has 0 spiro atoms. The summed E-state index contributed by atoms with van der Waals surface area (Å²) in [6, 6.07) is 14.2. The monoisotopic (exact) mass is 398 g/mol. The fourth-order valence-corrected chi connectivity index (χ4v) is 4.34. The number of hydrogen-bond acceptors (Lipinski definition) is 3. The van der Waals surface area contributed by atoms with Crippen molar-refractivity contribution in [2.75, 3.05) is 31.1 Å². The van der Waals surface area contributed by atoms with Gasteiger partial charge in [-0.3, -0.25) is 4.79 Å². The predicted octanol–water partition coefficient (Wildman–Crippen LogP) is 4.33. The molecule has 0 aromatic heterocycles. The van der Waals surface area contributed by atoms with Gasteiger partial charge in [0.05, 0.1) is 0 Å². The van der Waals surface area contributed by atoms with Gasteiger partial charge in [0.1, 0.15) is 5.75 Å². The first-order chi connectivity index (χ1) is 13.6. The van der Waals surface area contributed by atoms with Crippen LogP contribution in [0.1, 0.15) is 30.9 Å². The molecule has 1 amide bonds. The molecule has 5 heteroatoms. The average Bonchev–Trinajstić information content (AvgIpc) is 2.73. The Hall–Kier alpha value is -2.20. The van der Waals surface area contributed by atoms with Gasteiger partial charge in [0.25, 0.3) is 5.91 Å². The third kappa shape index (κ3) is 4.27. The van der Waals surface area contributed by atoms with E-state index in [1.807, 2.05) is 36.1 Å². The van der Waals surface area contributed by atoms with Gasteiger partial charge in [0.2, 0.25) is 0 Å². The topological polar surface area (TPSA) is 32.8 Å². The van der Waals surface area contributed by atoms with Crippen LogP contribution in [0.4, 0.5) is 5.69 Å². The van der Waals surface area contributed by atoms with Gasteiger partial charge < -0.3 is 14.5 Å². The van der Waals surface area contributed by atoms with Crippen LogP contribution in [0.2, 0.25) is 5.02 Å².